The van der Waals surface area contributed by atoms with E-state index in [-0.39, 0.29) is 58.8 Å². The number of amides is 2. The van der Waals surface area contributed by atoms with Crippen molar-refractivity contribution in [3.8, 4) is 11.5 Å². The standard InChI is InChI=1S/C36H32ClN2O7P/c1-35(33(41)38-11-10-19-18-6-2-3-7-20(18)27(40)13-25(19)38)30-23-12-24-31(35)32(30)36(23,24)34(42)39-16-17(15-37)29-22-9-5-4-8-21(22)28(14-26(29)39)46-47(43,44)45/h2-9,13-14,17,23-24,30-32,40H,10-12,15-16H2,1H3,(H2,43,44,45)/t17-,23?,24?,30?,31?,32?,35?,36?/m1/s1. The van der Waals surface area contributed by atoms with E-state index >= 15 is 0 Å². The highest BCUT2D eigenvalue weighted by Gasteiger charge is 2.98. The number of nitrogens with zero attached hydrogens (tertiary/aromatic N) is 2. The molecule has 4 fully saturated rings. The molecule has 6 aliphatic rings. The zero-order valence-electron chi connectivity index (χ0n) is 25.5. The SMILES string of the molecule is CC1(C(=O)N2CCc3c2cc(O)c2ccccc32)C2C3CC4C1C2C34C(=O)N1C[C@@H](CCl)c2c1cc(OP(=O)(O)O)c1ccccc21. The Balaban J connectivity index is 0.977. The fraction of sp³-hybridized carbons (Fsp3) is 0.389. The molecule has 4 aromatic carbocycles. The first-order valence-corrected chi connectivity index (χ1v) is 18.3. The zero-order chi connectivity index (χ0) is 32.4. The lowest BCUT2D eigenvalue weighted by Gasteiger charge is -2.95. The lowest BCUT2D eigenvalue weighted by Crippen LogP contribution is -2.97. The van der Waals surface area contributed by atoms with Crippen molar-refractivity contribution in [2.24, 2.45) is 40.4 Å². The van der Waals surface area contributed by atoms with Crippen LogP contribution in [0.15, 0.2) is 60.7 Å². The summed E-state index contributed by atoms with van der Waals surface area (Å²) in [5, 5.41) is 13.9. The first-order chi connectivity index (χ1) is 22.5. The van der Waals surface area contributed by atoms with Gasteiger partial charge in [-0.05, 0) is 64.3 Å². The molecule has 2 heterocycles. The second-order valence-corrected chi connectivity index (χ2v) is 16.1. The number of phenols is 1. The highest BCUT2D eigenvalue weighted by Crippen LogP contribution is 2.96. The number of benzene rings is 4. The van der Waals surface area contributed by atoms with Gasteiger partial charge in [0.1, 0.15) is 11.5 Å². The number of phosphoric ester groups is 1. The summed E-state index contributed by atoms with van der Waals surface area (Å²) in [5.41, 5.74) is 2.34. The molecule has 3 N–H and O–H groups in total. The molecule has 4 saturated carbocycles. The molecule has 2 amide bonds. The third kappa shape index (κ3) is 3.14. The van der Waals surface area contributed by atoms with Crippen molar-refractivity contribution in [2.45, 2.75) is 25.7 Å². The van der Waals surface area contributed by atoms with Gasteiger partial charge in [-0.25, -0.2) is 4.57 Å². The van der Waals surface area contributed by atoms with Crippen molar-refractivity contribution in [1.29, 1.82) is 0 Å². The largest absolute Gasteiger partial charge is 0.524 e. The highest BCUT2D eigenvalue weighted by molar-refractivity contribution is 7.46. The molecule has 0 saturated heterocycles. The van der Waals surface area contributed by atoms with E-state index in [0.29, 0.717) is 30.0 Å². The molecule has 0 spiro atoms. The predicted octanol–water partition coefficient (Wildman–Crippen LogP) is 5.95. The molecule has 0 bridgehead atoms. The summed E-state index contributed by atoms with van der Waals surface area (Å²) in [7, 11) is -4.86. The summed E-state index contributed by atoms with van der Waals surface area (Å²) in [4.78, 5) is 52.2. The van der Waals surface area contributed by atoms with Crippen molar-refractivity contribution in [3.05, 3.63) is 71.8 Å². The van der Waals surface area contributed by atoms with Crippen LogP contribution in [0.25, 0.3) is 21.5 Å². The monoisotopic (exact) mass is 670 g/mol. The maximum atomic E-state index is 14.7. The molecule has 47 heavy (non-hydrogen) atoms. The molecule has 2 aliphatic heterocycles. The van der Waals surface area contributed by atoms with E-state index in [1.165, 1.54) is 0 Å². The van der Waals surface area contributed by atoms with Crippen LogP contribution in [0.5, 0.6) is 11.5 Å². The topological polar surface area (TPSA) is 128 Å². The van der Waals surface area contributed by atoms with E-state index in [1.54, 1.807) is 29.2 Å². The van der Waals surface area contributed by atoms with E-state index < -0.39 is 18.7 Å². The number of aromatic hydroxyl groups is 1. The third-order valence-electron chi connectivity index (χ3n) is 13.2. The van der Waals surface area contributed by atoms with Crippen LogP contribution in [0.4, 0.5) is 11.4 Å². The van der Waals surface area contributed by atoms with Gasteiger partial charge < -0.3 is 19.4 Å². The summed E-state index contributed by atoms with van der Waals surface area (Å²) in [6.45, 7) is 3.07. The maximum Gasteiger partial charge on any atom is 0.524 e. The Morgan fingerprint density at radius 2 is 1.57 bits per heavy atom. The van der Waals surface area contributed by atoms with Crippen LogP contribution in [0.2, 0.25) is 0 Å². The van der Waals surface area contributed by atoms with Gasteiger partial charge in [0.15, 0.2) is 0 Å². The summed E-state index contributed by atoms with van der Waals surface area (Å²) in [5.74, 6) is 1.14. The molecule has 4 aliphatic carbocycles. The van der Waals surface area contributed by atoms with Crippen LogP contribution in [-0.2, 0) is 20.6 Å². The molecular formula is C36H32ClN2O7P. The number of carbonyl (C=O) groups excluding carboxylic acids is 2. The number of hydrogen-bond donors (Lipinski definition) is 3. The van der Waals surface area contributed by atoms with E-state index in [9.17, 15) is 29.0 Å². The molecule has 10 rings (SSSR count). The average molecular weight is 671 g/mol. The summed E-state index contributed by atoms with van der Waals surface area (Å²) in [6, 6.07) is 18.4. The second-order valence-electron chi connectivity index (χ2n) is 14.6. The van der Waals surface area contributed by atoms with Crippen LogP contribution in [-0.4, -0.2) is 45.7 Å². The second kappa shape index (κ2) is 8.88. The van der Waals surface area contributed by atoms with Crippen molar-refractivity contribution >= 4 is 64.2 Å². The van der Waals surface area contributed by atoms with E-state index in [1.807, 2.05) is 41.3 Å². The van der Waals surface area contributed by atoms with E-state index in [4.69, 9.17) is 16.1 Å². The van der Waals surface area contributed by atoms with Crippen LogP contribution < -0.4 is 14.3 Å². The molecule has 5 atom stereocenters. The maximum absolute atomic E-state index is 14.7. The first-order valence-electron chi connectivity index (χ1n) is 16.3. The highest BCUT2D eigenvalue weighted by atomic mass is 35.5. The van der Waals surface area contributed by atoms with E-state index in [0.717, 1.165) is 45.8 Å². The van der Waals surface area contributed by atoms with Crippen LogP contribution >= 0.6 is 19.4 Å². The fourth-order valence-electron chi connectivity index (χ4n) is 11.6. The Morgan fingerprint density at radius 1 is 0.915 bits per heavy atom. The molecule has 0 radical (unpaired) electrons. The van der Waals surface area contributed by atoms with Crippen molar-refractivity contribution in [2.75, 3.05) is 28.8 Å². The quantitative estimate of drug-likeness (QED) is 0.177. The molecule has 4 aromatic rings. The van der Waals surface area contributed by atoms with E-state index in [2.05, 4.69) is 6.92 Å². The van der Waals surface area contributed by atoms with Crippen LogP contribution in [0.3, 0.4) is 0 Å². The Bertz CT molecular complexity index is 2150. The number of carbonyl (C=O) groups is 2. The summed E-state index contributed by atoms with van der Waals surface area (Å²) >= 11 is 6.49. The third-order valence-corrected chi connectivity index (χ3v) is 14.0. The van der Waals surface area contributed by atoms with Crippen molar-refractivity contribution in [3.63, 3.8) is 0 Å². The van der Waals surface area contributed by atoms with Gasteiger partial charge >= 0.3 is 7.82 Å². The van der Waals surface area contributed by atoms with Crippen molar-refractivity contribution < 1.29 is 33.6 Å². The number of hydrogen-bond acceptors (Lipinski definition) is 5. The van der Waals surface area contributed by atoms with Gasteiger partial charge in [-0.2, -0.15) is 0 Å². The molecule has 0 aromatic heterocycles. The van der Waals surface area contributed by atoms with Gasteiger partial charge in [0.25, 0.3) is 0 Å². The molecule has 240 valence electrons. The lowest BCUT2D eigenvalue weighted by atomic mass is 9.07. The molecule has 11 heteroatoms. The molecule has 9 nitrogen and oxygen atoms in total. The average Bonchev–Trinajstić information content (AvgIpc) is 3.65. The zero-order valence-corrected chi connectivity index (χ0v) is 27.1. The number of fused-ring (bicyclic) bond motifs is 8. The summed E-state index contributed by atoms with van der Waals surface area (Å²) < 4.78 is 17.1. The minimum atomic E-state index is -4.86. The summed E-state index contributed by atoms with van der Waals surface area (Å²) in [6.07, 6.45) is 1.68. The Labute approximate surface area is 275 Å². The lowest BCUT2D eigenvalue weighted by molar-refractivity contribution is -0.464. The number of phosphoric acid groups is 1. The minimum absolute atomic E-state index is 0.0351. The number of phenolic OH excluding ortho intramolecular Hbond substituents is 1. The van der Waals surface area contributed by atoms with Crippen LogP contribution in [0.1, 0.15) is 30.4 Å². The van der Waals surface area contributed by atoms with Crippen LogP contribution in [0, 0.1) is 40.4 Å². The molecule has 4 unspecified atom stereocenters. The number of anilines is 2. The molecular weight excluding hydrogens is 639 g/mol. The number of halogens is 1. The number of alkyl halides is 1. The first kappa shape index (κ1) is 28.4. The minimum Gasteiger partial charge on any atom is -0.507 e. The van der Waals surface area contributed by atoms with Gasteiger partial charge in [0, 0.05) is 47.8 Å². The van der Waals surface area contributed by atoms with Gasteiger partial charge in [0.2, 0.25) is 11.8 Å². The van der Waals surface area contributed by atoms with Gasteiger partial charge in [-0.3, -0.25) is 19.4 Å². The fourth-order valence-corrected chi connectivity index (χ4v) is 12.3. The Hall–Kier alpha value is -3.62. The van der Waals surface area contributed by atoms with Gasteiger partial charge in [0.05, 0.1) is 22.2 Å². The van der Waals surface area contributed by atoms with Crippen molar-refractivity contribution in [1.82, 2.24) is 0 Å². The number of rotatable bonds is 5. The Morgan fingerprint density at radius 3 is 2.23 bits per heavy atom. The van der Waals surface area contributed by atoms with Gasteiger partial charge in [-0.15, -0.1) is 11.6 Å². The smallest absolute Gasteiger partial charge is 0.507 e. The predicted molar refractivity (Wildman–Crippen MR) is 177 cm³/mol. The Kier molecular flexibility index (Phi) is 5.37. The van der Waals surface area contributed by atoms with Gasteiger partial charge in [-0.1, -0.05) is 55.5 Å². The normalized spacial score (nSPS) is 33.7.